The molecule has 3 nitrogen and oxygen atoms in total. The van der Waals surface area contributed by atoms with Crippen molar-refractivity contribution in [1.29, 1.82) is 0 Å². The summed E-state index contributed by atoms with van der Waals surface area (Å²) in [6.07, 6.45) is 11.7. The van der Waals surface area contributed by atoms with Crippen LogP contribution in [0.3, 0.4) is 0 Å². The van der Waals surface area contributed by atoms with Crippen LogP contribution in [0.4, 0.5) is 0 Å². The van der Waals surface area contributed by atoms with E-state index in [0.29, 0.717) is 12.5 Å². The first kappa shape index (κ1) is 25.8. The highest BCUT2D eigenvalue weighted by molar-refractivity contribution is 5.72. The van der Waals surface area contributed by atoms with Crippen molar-refractivity contribution in [3.63, 3.8) is 0 Å². The molecule has 2 aliphatic rings. The Balaban J connectivity index is 1.41. The summed E-state index contributed by atoms with van der Waals surface area (Å²) in [7, 11) is 1.75. The Kier molecular flexibility index (Phi) is 9.31. The van der Waals surface area contributed by atoms with Gasteiger partial charge in [-0.15, -0.1) is 0 Å². The minimum atomic E-state index is 0.527. The molecule has 2 aromatic rings. The van der Waals surface area contributed by atoms with Gasteiger partial charge in [0.2, 0.25) is 0 Å². The van der Waals surface area contributed by atoms with E-state index in [-0.39, 0.29) is 0 Å². The van der Waals surface area contributed by atoms with Crippen molar-refractivity contribution in [3.8, 4) is 11.5 Å². The second kappa shape index (κ2) is 12.6. The molecule has 1 fully saturated rings. The standard InChI is InChI=1S/C32H45NO2/c1-24(2)19-26-11-12-29(32(20-26)34-4)23-35-30-15-16-31-25(3)28(14-13-27(31)21-30)22-33-17-9-7-5-6-8-10-18-33/h11-12,15-16,20-21,24H,5-10,13-14,17-19,22-23H2,1-4H3. The van der Waals surface area contributed by atoms with Gasteiger partial charge in [0, 0.05) is 12.1 Å². The van der Waals surface area contributed by atoms with Crippen LogP contribution in [-0.2, 0) is 19.4 Å². The smallest absolute Gasteiger partial charge is 0.125 e. The van der Waals surface area contributed by atoms with E-state index in [1.807, 2.05) is 0 Å². The number of aryl methyl sites for hydroxylation is 1. The van der Waals surface area contributed by atoms with Gasteiger partial charge in [0.05, 0.1) is 7.11 Å². The van der Waals surface area contributed by atoms with Gasteiger partial charge in [-0.1, -0.05) is 63.3 Å². The highest BCUT2D eigenvalue weighted by atomic mass is 16.5. The van der Waals surface area contributed by atoms with Gasteiger partial charge in [-0.2, -0.15) is 0 Å². The summed E-state index contributed by atoms with van der Waals surface area (Å²) in [5.41, 5.74) is 8.38. The van der Waals surface area contributed by atoms with Crippen LogP contribution in [0, 0.1) is 5.92 Å². The number of benzene rings is 2. The lowest BCUT2D eigenvalue weighted by molar-refractivity contribution is 0.288. The Labute approximate surface area is 213 Å². The van der Waals surface area contributed by atoms with E-state index >= 15 is 0 Å². The molecule has 0 saturated carbocycles. The maximum atomic E-state index is 6.24. The first-order valence-electron chi connectivity index (χ1n) is 13.9. The van der Waals surface area contributed by atoms with Crippen molar-refractivity contribution in [2.45, 2.75) is 85.2 Å². The molecule has 0 spiro atoms. The second-order valence-electron chi connectivity index (χ2n) is 11.0. The lowest BCUT2D eigenvalue weighted by atomic mass is 9.86. The summed E-state index contributed by atoms with van der Waals surface area (Å²) < 4.78 is 11.9. The molecule has 2 aromatic carbocycles. The normalized spacial score (nSPS) is 17.5. The maximum Gasteiger partial charge on any atom is 0.125 e. The van der Waals surface area contributed by atoms with E-state index in [2.05, 4.69) is 62.1 Å². The van der Waals surface area contributed by atoms with Crippen LogP contribution in [0.2, 0.25) is 0 Å². The predicted octanol–water partition coefficient (Wildman–Crippen LogP) is 7.85. The topological polar surface area (TPSA) is 21.7 Å². The van der Waals surface area contributed by atoms with Gasteiger partial charge < -0.3 is 9.47 Å². The summed E-state index contributed by atoms with van der Waals surface area (Å²) in [5.74, 6) is 2.51. The van der Waals surface area contributed by atoms with Gasteiger partial charge in [-0.25, -0.2) is 0 Å². The average molecular weight is 476 g/mol. The number of hydrogen-bond acceptors (Lipinski definition) is 3. The zero-order valence-electron chi connectivity index (χ0n) is 22.5. The number of ether oxygens (including phenoxy) is 2. The molecule has 0 unspecified atom stereocenters. The lowest BCUT2D eigenvalue weighted by Crippen LogP contribution is -2.29. The molecule has 0 amide bonds. The highest BCUT2D eigenvalue weighted by Gasteiger charge is 2.19. The van der Waals surface area contributed by atoms with Crippen molar-refractivity contribution in [3.05, 3.63) is 64.2 Å². The molecule has 1 aliphatic carbocycles. The Morgan fingerprint density at radius 3 is 2.34 bits per heavy atom. The monoisotopic (exact) mass is 475 g/mol. The highest BCUT2D eigenvalue weighted by Crippen LogP contribution is 2.34. The number of fused-ring (bicyclic) bond motifs is 1. The number of nitrogens with zero attached hydrogens (tertiary/aromatic N) is 1. The van der Waals surface area contributed by atoms with Gasteiger partial charge in [0.15, 0.2) is 0 Å². The molecule has 3 heteroatoms. The third-order valence-electron chi connectivity index (χ3n) is 7.71. The molecule has 0 atom stereocenters. The molecule has 1 aliphatic heterocycles. The van der Waals surface area contributed by atoms with Crippen LogP contribution in [0.15, 0.2) is 42.0 Å². The summed E-state index contributed by atoms with van der Waals surface area (Å²) in [6, 6.07) is 13.2. The summed E-state index contributed by atoms with van der Waals surface area (Å²) >= 11 is 0. The van der Waals surface area contributed by atoms with Gasteiger partial charge in [-0.3, -0.25) is 4.90 Å². The SMILES string of the molecule is COc1cc(CC(C)C)ccc1COc1ccc2c(c1)CCC(CN1CCCCCCCC1)=C2C. The first-order chi connectivity index (χ1) is 17.0. The third kappa shape index (κ3) is 7.13. The molecular weight excluding hydrogens is 430 g/mol. The van der Waals surface area contributed by atoms with Crippen LogP contribution < -0.4 is 9.47 Å². The van der Waals surface area contributed by atoms with Gasteiger partial charge in [0.25, 0.3) is 0 Å². The van der Waals surface area contributed by atoms with Crippen LogP contribution >= 0.6 is 0 Å². The minimum absolute atomic E-state index is 0.527. The zero-order chi connectivity index (χ0) is 24.6. The lowest BCUT2D eigenvalue weighted by Gasteiger charge is -2.28. The quantitative estimate of drug-likeness (QED) is 0.388. The van der Waals surface area contributed by atoms with Gasteiger partial charge >= 0.3 is 0 Å². The molecule has 0 N–H and O–H groups in total. The van der Waals surface area contributed by atoms with E-state index in [1.54, 1.807) is 12.7 Å². The van der Waals surface area contributed by atoms with Crippen molar-refractivity contribution < 1.29 is 9.47 Å². The van der Waals surface area contributed by atoms with Gasteiger partial charge in [0.1, 0.15) is 18.1 Å². The van der Waals surface area contributed by atoms with Crippen molar-refractivity contribution in [1.82, 2.24) is 4.90 Å². The molecule has 0 aromatic heterocycles. The number of allylic oxidation sites excluding steroid dienone is 1. The largest absolute Gasteiger partial charge is 0.496 e. The Hall–Kier alpha value is -2.26. The third-order valence-corrected chi connectivity index (χ3v) is 7.71. The van der Waals surface area contributed by atoms with Crippen LogP contribution in [0.25, 0.3) is 5.57 Å². The summed E-state index contributed by atoms with van der Waals surface area (Å²) in [4.78, 5) is 2.71. The fraction of sp³-hybridized carbons (Fsp3) is 0.562. The Morgan fingerprint density at radius 1 is 0.886 bits per heavy atom. The molecule has 1 saturated heterocycles. The number of hydrogen-bond donors (Lipinski definition) is 0. The number of rotatable bonds is 8. The van der Waals surface area contributed by atoms with E-state index < -0.39 is 0 Å². The zero-order valence-corrected chi connectivity index (χ0v) is 22.5. The Bertz CT molecular complexity index is 997. The molecule has 35 heavy (non-hydrogen) atoms. The van der Waals surface area contributed by atoms with Crippen LogP contribution in [0.5, 0.6) is 11.5 Å². The minimum Gasteiger partial charge on any atom is -0.496 e. The molecule has 1 heterocycles. The number of methoxy groups -OCH3 is 1. The van der Waals surface area contributed by atoms with E-state index in [1.165, 1.54) is 80.3 Å². The van der Waals surface area contributed by atoms with Crippen molar-refractivity contribution in [2.75, 3.05) is 26.7 Å². The molecular formula is C32H45NO2. The van der Waals surface area contributed by atoms with E-state index in [0.717, 1.165) is 36.4 Å². The summed E-state index contributed by atoms with van der Waals surface area (Å²) in [5, 5.41) is 0. The van der Waals surface area contributed by atoms with E-state index in [9.17, 15) is 0 Å². The van der Waals surface area contributed by atoms with Crippen molar-refractivity contribution >= 4 is 5.57 Å². The van der Waals surface area contributed by atoms with Gasteiger partial charge in [-0.05, 0) is 98.5 Å². The predicted molar refractivity (Wildman–Crippen MR) is 147 cm³/mol. The second-order valence-corrected chi connectivity index (χ2v) is 11.0. The van der Waals surface area contributed by atoms with Crippen LogP contribution in [-0.4, -0.2) is 31.6 Å². The molecule has 0 radical (unpaired) electrons. The fourth-order valence-electron chi connectivity index (χ4n) is 5.68. The van der Waals surface area contributed by atoms with Crippen molar-refractivity contribution in [2.24, 2.45) is 5.92 Å². The molecule has 4 rings (SSSR count). The fourth-order valence-corrected chi connectivity index (χ4v) is 5.68. The Morgan fingerprint density at radius 2 is 1.63 bits per heavy atom. The average Bonchev–Trinajstić information content (AvgIpc) is 2.98. The molecule has 190 valence electrons. The summed E-state index contributed by atoms with van der Waals surface area (Å²) in [6.45, 7) is 11.0. The maximum absolute atomic E-state index is 6.24. The molecule has 0 bridgehead atoms. The first-order valence-corrected chi connectivity index (χ1v) is 13.9. The van der Waals surface area contributed by atoms with E-state index in [4.69, 9.17) is 9.47 Å². The van der Waals surface area contributed by atoms with Crippen LogP contribution in [0.1, 0.15) is 88.0 Å².